The van der Waals surface area contributed by atoms with Crippen LogP contribution >= 0.6 is 0 Å². The number of nitrogens with one attached hydrogen (secondary N) is 3. The Morgan fingerprint density at radius 1 is 1.00 bits per heavy atom. The zero-order chi connectivity index (χ0) is 28.6. The lowest BCUT2D eigenvalue weighted by Gasteiger charge is -2.16. The number of aromatic nitrogens is 7. The molecule has 11 heteroatoms. The van der Waals surface area contributed by atoms with Gasteiger partial charge in [0.15, 0.2) is 0 Å². The van der Waals surface area contributed by atoms with Gasteiger partial charge in [0.25, 0.3) is 5.91 Å². The van der Waals surface area contributed by atoms with E-state index in [1.165, 1.54) is 0 Å². The van der Waals surface area contributed by atoms with Gasteiger partial charge in [-0.25, -0.2) is 0 Å². The fourth-order valence-electron chi connectivity index (χ4n) is 4.80. The first-order chi connectivity index (χ1) is 20.0. The lowest BCUT2D eigenvalue weighted by Crippen LogP contribution is -2.38. The van der Waals surface area contributed by atoms with Crippen LogP contribution in [0, 0.1) is 0 Å². The van der Waals surface area contributed by atoms with E-state index in [-0.39, 0.29) is 12.3 Å². The molecule has 0 aliphatic carbocycles. The summed E-state index contributed by atoms with van der Waals surface area (Å²) in [7, 11) is 0. The summed E-state index contributed by atoms with van der Waals surface area (Å²) < 4.78 is 0. The second-order valence-electron chi connectivity index (χ2n) is 9.75. The molecule has 0 aliphatic rings. The normalized spacial score (nSPS) is 11.7. The van der Waals surface area contributed by atoms with Gasteiger partial charge in [-0.15, -0.1) is 10.2 Å². The highest BCUT2D eigenvalue weighted by Crippen LogP contribution is 2.28. The van der Waals surface area contributed by atoms with Gasteiger partial charge in [0, 0.05) is 35.5 Å². The van der Waals surface area contributed by atoms with Crippen molar-refractivity contribution in [2.45, 2.75) is 45.1 Å². The van der Waals surface area contributed by atoms with Crippen molar-refractivity contribution in [1.29, 1.82) is 0 Å². The number of hydrogen-bond acceptors (Lipinski definition) is 7. The van der Waals surface area contributed by atoms with Crippen molar-refractivity contribution in [3.8, 4) is 22.6 Å². The highest BCUT2D eigenvalue weighted by atomic mass is 16.4. The molecule has 1 amide bonds. The Morgan fingerprint density at radius 2 is 1.78 bits per heavy atom. The topological polar surface area (TPSA) is 162 Å². The standard InChI is InChI=1S/C30H30N8O3/c1-2-8-20-14-26(30(41)33-21(16-28(39)40)13-19-9-4-3-5-10-19)34-25(20)15-22-17-32-27(18-31-22)23-11-6-7-12-24(23)29-35-37-38-36-29/h3-7,9-12,14,17-18,21,34H,2,8,13,15-16H2,1H3,(H,33,41)(H,39,40)(H,35,36,37,38). The highest BCUT2D eigenvalue weighted by molar-refractivity contribution is 5.93. The monoisotopic (exact) mass is 550 g/mol. The Kier molecular flexibility index (Phi) is 8.53. The molecule has 1 atom stereocenters. The first kappa shape index (κ1) is 27.4. The lowest BCUT2D eigenvalue weighted by atomic mass is 10.0. The molecular formula is C30H30N8O3. The van der Waals surface area contributed by atoms with E-state index in [1.807, 2.05) is 60.7 Å². The van der Waals surface area contributed by atoms with Crippen LogP contribution in [0.5, 0.6) is 0 Å². The summed E-state index contributed by atoms with van der Waals surface area (Å²) in [6, 6.07) is 18.5. The van der Waals surface area contributed by atoms with Gasteiger partial charge < -0.3 is 15.4 Å². The van der Waals surface area contributed by atoms with Crippen LogP contribution in [0.1, 0.15) is 52.8 Å². The van der Waals surface area contributed by atoms with E-state index >= 15 is 0 Å². The maximum absolute atomic E-state index is 13.2. The predicted molar refractivity (Wildman–Crippen MR) is 152 cm³/mol. The number of nitrogens with zero attached hydrogens (tertiary/aromatic N) is 5. The van der Waals surface area contributed by atoms with Gasteiger partial charge in [0.2, 0.25) is 5.82 Å². The van der Waals surface area contributed by atoms with Crippen molar-refractivity contribution in [3.63, 3.8) is 0 Å². The van der Waals surface area contributed by atoms with E-state index in [9.17, 15) is 14.7 Å². The van der Waals surface area contributed by atoms with E-state index in [4.69, 9.17) is 0 Å². The molecule has 3 heterocycles. The fourth-order valence-corrected chi connectivity index (χ4v) is 4.80. The fraction of sp³-hybridized carbons (Fsp3) is 0.233. The van der Waals surface area contributed by atoms with Crippen LogP contribution in [-0.4, -0.2) is 58.6 Å². The number of carboxylic acids is 1. The molecule has 4 N–H and O–H groups in total. The SMILES string of the molecule is CCCc1cc(C(=O)NC(CC(=O)O)Cc2ccccc2)[nH]c1Cc1cnc(-c2ccccc2-c2nn[nH]n2)cn1. The number of carbonyl (C=O) groups is 2. The van der Waals surface area contributed by atoms with E-state index in [2.05, 4.69) is 47.8 Å². The largest absolute Gasteiger partial charge is 0.481 e. The summed E-state index contributed by atoms with van der Waals surface area (Å²) >= 11 is 0. The van der Waals surface area contributed by atoms with Crippen molar-refractivity contribution in [3.05, 3.63) is 101 Å². The van der Waals surface area contributed by atoms with E-state index in [0.717, 1.165) is 46.5 Å². The minimum absolute atomic E-state index is 0.173. The third kappa shape index (κ3) is 6.88. The Hall–Kier alpha value is -5.19. The number of benzene rings is 2. The molecule has 0 saturated carbocycles. The molecule has 5 aromatic rings. The average molecular weight is 551 g/mol. The molecule has 0 bridgehead atoms. The van der Waals surface area contributed by atoms with Crippen molar-refractivity contribution < 1.29 is 14.7 Å². The van der Waals surface area contributed by atoms with E-state index in [1.54, 1.807) is 12.4 Å². The Balaban J connectivity index is 1.33. The zero-order valence-corrected chi connectivity index (χ0v) is 22.5. The van der Waals surface area contributed by atoms with Crippen molar-refractivity contribution >= 4 is 11.9 Å². The quantitative estimate of drug-likeness (QED) is 0.181. The van der Waals surface area contributed by atoms with Crippen LogP contribution in [0.2, 0.25) is 0 Å². The molecule has 0 radical (unpaired) electrons. The summed E-state index contributed by atoms with van der Waals surface area (Å²) in [5.41, 5.74) is 6.30. The third-order valence-corrected chi connectivity index (χ3v) is 6.69. The summed E-state index contributed by atoms with van der Waals surface area (Å²) in [6.45, 7) is 2.08. The number of tetrazole rings is 1. The van der Waals surface area contributed by atoms with Crippen LogP contribution in [-0.2, 0) is 24.1 Å². The summed E-state index contributed by atoms with van der Waals surface area (Å²) in [5, 5.41) is 26.6. The van der Waals surface area contributed by atoms with Gasteiger partial charge in [0.1, 0.15) is 5.69 Å². The number of hydrogen-bond donors (Lipinski definition) is 4. The third-order valence-electron chi connectivity index (χ3n) is 6.69. The molecule has 0 spiro atoms. The number of carboxylic acid groups (broad SMARTS) is 1. The van der Waals surface area contributed by atoms with Crippen LogP contribution in [0.4, 0.5) is 0 Å². The molecule has 0 fully saturated rings. The second kappa shape index (κ2) is 12.8. The number of rotatable bonds is 12. The molecule has 2 aromatic carbocycles. The average Bonchev–Trinajstić information content (AvgIpc) is 3.65. The van der Waals surface area contributed by atoms with Crippen molar-refractivity contribution in [2.24, 2.45) is 0 Å². The lowest BCUT2D eigenvalue weighted by molar-refractivity contribution is -0.137. The highest BCUT2D eigenvalue weighted by Gasteiger charge is 2.21. The van der Waals surface area contributed by atoms with Crippen LogP contribution in [0.25, 0.3) is 22.6 Å². The predicted octanol–water partition coefficient (Wildman–Crippen LogP) is 4.01. The van der Waals surface area contributed by atoms with Gasteiger partial charge in [0.05, 0.1) is 24.0 Å². The van der Waals surface area contributed by atoms with Gasteiger partial charge >= 0.3 is 5.97 Å². The Labute approximate surface area is 236 Å². The van der Waals surface area contributed by atoms with Crippen molar-refractivity contribution in [2.75, 3.05) is 0 Å². The van der Waals surface area contributed by atoms with Gasteiger partial charge in [-0.2, -0.15) is 5.21 Å². The molecule has 1 unspecified atom stereocenters. The van der Waals surface area contributed by atoms with E-state index < -0.39 is 12.0 Å². The number of amides is 1. The summed E-state index contributed by atoms with van der Waals surface area (Å²) in [6.07, 6.45) is 5.83. The number of aryl methyl sites for hydroxylation is 1. The van der Waals surface area contributed by atoms with E-state index in [0.29, 0.717) is 30.1 Å². The van der Waals surface area contributed by atoms with Gasteiger partial charge in [-0.3, -0.25) is 19.6 Å². The number of aromatic amines is 2. The second-order valence-corrected chi connectivity index (χ2v) is 9.75. The number of carbonyl (C=O) groups excluding carboxylic acids is 1. The zero-order valence-electron chi connectivity index (χ0n) is 22.5. The smallest absolute Gasteiger partial charge is 0.305 e. The Bertz CT molecular complexity index is 1600. The maximum atomic E-state index is 13.2. The maximum Gasteiger partial charge on any atom is 0.305 e. The molecule has 11 nitrogen and oxygen atoms in total. The molecule has 5 rings (SSSR count). The van der Waals surface area contributed by atoms with Crippen LogP contribution < -0.4 is 5.32 Å². The van der Waals surface area contributed by atoms with Crippen LogP contribution in [0.3, 0.4) is 0 Å². The summed E-state index contributed by atoms with van der Waals surface area (Å²) in [4.78, 5) is 37.2. The van der Waals surface area contributed by atoms with Crippen LogP contribution in [0.15, 0.2) is 73.1 Å². The molecule has 208 valence electrons. The molecule has 0 saturated heterocycles. The number of H-pyrrole nitrogens is 2. The molecule has 3 aromatic heterocycles. The number of aliphatic carboxylic acids is 1. The summed E-state index contributed by atoms with van der Waals surface area (Å²) in [5.74, 6) is -0.829. The minimum atomic E-state index is -0.966. The molecular weight excluding hydrogens is 520 g/mol. The first-order valence-corrected chi connectivity index (χ1v) is 13.4. The van der Waals surface area contributed by atoms with Crippen molar-refractivity contribution in [1.82, 2.24) is 40.9 Å². The first-order valence-electron chi connectivity index (χ1n) is 13.4. The molecule has 0 aliphatic heterocycles. The molecule has 41 heavy (non-hydrogen) atoms. The van der Waals surface area contributed by atoms with Gasteiger partial charge in [-0.05, 0) is 35.2 Å². The minimum Gasteiger partial charge on any atom is -0.481 e. The Morgan fingerprint density at radius 3 is 2.46 bits per heavy atom. The van der Waals surface area contributed by atoms with Gasteiger partial charge in [-0.1, -0.05) is 67.9 Å².